The quantitative estimate of drug-likeness (QED) is 0.608. The first-order valence-electron chi connectivity index (χ1n) is 8.31. The van der Waals surface area contributed by atoms with Crippen LogP contribution < -0.4 is 5.73 Å². The molecule has 1 heteroatoms. The van der Waals surface area contributed by atoms with Gasteiger partial charge in [0.15, 0.2) is 0 Å². The van der Waals surface area contributed by atoms with Crippen LogP contribution in [-0.4, -0.2) is 0 Å². The number of benzene rings is 1. The second-order valence-corrected chi connectivity index (χ2v) is 6.34. The largest absolute Gasteiger partial charge is 0.324 e. The molecule has 0 amide bonds. The van der Waals surface area contributed by atoms with Gasteiger partial charge in [-0.1, -0.05) is 51.5 Å². The molecule has 0 spiro atoms. The van der Waals surface area contributed by atoms with Crippen molar-refractivity contribution in [2.75, 3.05) is 0 Å². The van der Waals surface area contributed by atoms with Crippen molar-refractivity contribution in [2.45, 2.75) is 85.6 Å². The third-order valence-electron chi connectivity index (χ3n) is 4.66. The minimum absolute atomic E-state index is 0.208. The van der Waals surface area contributed by atoms with Gasteiger partial charge in [0, 0.05) is 6.04 Å². The second-order valence-electron chi connectivity index (χ2n) is 6.34. The summed E-state index contributed by atoms with van der Waals surface area (Å²) in [5.41, 5.74) is 13.4. The minimum atomic E-state index is 0.208. The predicted octanol–water partition coefficient (Wildman–Crippen LogP) is 5.67. The summed E-state index contributed by atoms with van der Waals surface area (Å²) in [7, 11) is 0. The molecule has 1 atom stereocenters. The van der Waals surface area contributed by atoms with E-state index in [1.54, 1.807) is 0 Å². The number of aryl methyl sites for hydroxylation is 2. The van der Waals surface area contributed by atoms with Crippen molar-refractivity contribution in [3.8, 4) is 0 Å². The van der Waals surface area contributed by atoms with E-state index >= 15 is 0 Å². The summed E-state index contributed by atoms with van der Waals surface area (Å²) in [5, 5.41) is 0. The first-order valence-corrected chi connectivity index (χ1v) is 8.31. The number of unbranched alkanes of at least 4 members (excludes halogenated alkanes) is 5. The molecule has 0 saturated carbocycles. The molecule has 0 saturated heterocycles. The van der Waals surface area contributed by atoms with Crippen LogP contribution in [0.2, 0.25) is 0 Å². The molecule has 1 unspecified atom stereocenters. The molecule has 20 heavy (non-hydrogen) atoms. The number of nitrogens with two attached hydrogens (primary N) is 1. The lowest BCUT2D eigenvalue weighted by Crippen LogP contribution is -2.15. The van der Waals surface area contributed by atoms with E-state index in [2.05, 4.69) is 40.7 Å². The van der Waals surface area contributed by atoms with Gasteiger partial charge in [-0.3, -0.25) is 0 Å². The third-order valence-corrected chi connectivity index (χ3v) is 4.66. The Balaban J connectivity index is 2.57. The van der Waals surface area contributed by atoms with Crippen molar-refractivity contribution in [3.05, 3.63) is 33.9 Å². The van der Waals surface area contributed by atoms with E-state index in [9.17, 15) is 0 Å². The van der Waals surface area contributed by atoms with Gasteiger partial charge in [0.05, 0.1) is 0 Å². The van der Waals surface area contributed by atoms with Crippen LogP contribution in [0.3, 0.4) is 0 Å². The van der Waals surface area contributed by atoms with Gasteiger partial charge in [0.1, 0.15) is 0 Å². The molecule has 1 nitrogen and oxygen atoms in total. The van der Waals surface area contributed by atoms with Crippen molar-refractivity contribution in [3.63, 3.8) is 0 Å². The fourth-order valence-corrected chi connectivity index (χ4v) is 3.09. The molecule has 0 heterocycles. The standard InChI is InChI=1S/C19H33N/c1-6-7-8-9-10-11-12-18(20)19-16(4)14(2)13-15(3)17(19)5/h13,18H,6-12,20H2,1-5H3. The Bertz CT molecular complexity index is 394. The summed E-state index contributed by atoms with van der Waals surface area (Å²) >= 11 is 0. The van der Waals surface area contributed by atoms with Crippen LogP contribution in [0, 0.1) is 27.7 Å². The molecule has 0 aliphatic rings. The molecule has 0 aromatic heterocycles. The maximum absolute atomic E-state index is 6.48. The molecule has 0 aliphatic carbocycles. The van der Waals surface area contributed by atoms with Gasteiger partial charge in [0.25, 0.3) is 0 Å². The van der Waals surface area contributed by atoms with Gasteiger partial charge < -0.3 is 5.73 Å². The van der Waals surface area contributed by atoms with Gasteiger partial charge in [-0.05, 0) is 61.9 Å². The maximum Gasteiger partial charge on any atom is 0.0300 e. The molecule has 0 fully saturated rings. The van der Waals surface area contributed by atoms with Crippen LogP contribution in [-0.2, 0) is 0 Å². The Hall–Kier alpha value is -0.820. The molecule has 0 aliphatic heterocycles. The van der Waals surface area contributed by atoms with Crippen molar-refractivity contribution in [2.24, 2.45) is 5.73 Å². The average Bonchev–Trinajstić information content (AvgIpc) is 2.41. The lowest BCUT2D eigenvalue weighted by molar-refractivity contribution is 0.544. The summed E-state index contributed by atoms with van der Waals surface area (Å²) < 4.78 is 0. The topological polar surface area (TPSA) is 26.0 Å². The van der Waals surface area contributed by atoms with Crippen molar-refractivity contribution in [1.82, 2.24) is 0 Å². The van der Waals surface area contributed by atoms with Crippen LogP contribution >= 0.6 is 0 Å². The first-order chi connectivity index (χ1) is 9.49. The van der Waals surface area contributed by atoms with Crippen molar-refractivity contribution < 1.29 is 0 Å². The van der Waals surface area contributed by atoms with Crippen LogP contribution in [0.25, 0.3) is 0 Å². The smallest absolute Gasteiger partial charge is 0.0300 e. The lowest BCUT2D eigenvalue weighted by atomic mass is 9.88. The molecular formula is C19H33N. The zero-order valence-corrected chi connectivity index (χ0v) is 14.2. The zero-order chi connectivity index (χ0) is 15.1. The molecule has 1 aromatic rings. The Morgan fingerprint density at radius 1 is 0.850 bits per heavy atom. The van der Waals surface area contributed by atoms with Gasteiger partial charge in [-0.15, -0.1) is 0 Å². The van der Waals surface area contributed by atoms with Gasteiger partial charge in [0.2, 0.25) is 0 Å². The van der Waals surface area contributed by atoms with Gasteiger partial charge >= 0.3 is 0 Å². The SMILES string of the molecule is CCCCCCCCC(N)c1c(C)c(C)cc(C)c1C. The van der Waals surface area contributed by atoms with Crippen LogP contribution in [0.4, 0.5) is 0 Å². The monoisotopic (exact) mass is 275 g/mol. The summed E-state index contributed by atoms with van der Waals surface area (Å²) in [5.74, 6) is 0. The maximum atomic E-state index is 6.48. The first kappa shape index (κ1) is 17.2. The Kier molecular flexibility index (Phi) is 7.29. The van der Waals surface area contributed by atoms with E-state index in [-0.39, 0.29) is 6.04 Å². The number of hydrogen-bond acceptors (Lipinski definition) is 1. The Labute approximate surface area is 126 Å². The van der Waals surface area contributed by atoms with E-state index in [4.69, 9.17) is 5.73 Å². The molecule has 0 radical (unpaired) electrons. The predicted molar refractivity (Wildman–Crippen MR) is 90.3 cm³/mol. The molecule has 114 valence electrons. The Morgan fingerprint density at radius 3 is 1.90 bits per heavy atom. The highest BCUT2D eigenvalue weighted by molar-refractivity contribution is 5.45. The number of rotatable bonds is 8. The fraction of sp³-hybridized carbons (Fsp3) is 0.684. The normalized spacial score (nSPS) is 12.7. The highest BCUT2D eigenvalue weighted by Gasteiger charge is 2.14. The van der Waals surface area contributed by atoms with E-state index < -0.39 is 0 Å². The molecule has 2 N–H and O–H groups in total. The highest BCUT2D eigenvalue weighted by atomic mass is 14.6. The summed E-state index contributed by atoms with van der Waals surface area (Å²) in [6.45, 7) is 11.1. The molecule has 1 aromatic carbocycles. The van der Waals surface area contributed by atoms with Crippen LogP contribution in [0.5, 0.6) is 0 Å². The van der Waals surface area contributed by atoms with Crippen molar-refractivity contribution >= 4 is 0 Å². The van der Waals surface area contributed by atoms with E-state index in [1.165, 1.54) is 66.3 Å². The Morgan fingerprint density at radius 2 is 1.35 bits per heavy atom. The fourth-order valence-electron chi connectivity index (χ4n) is 3.09. The molecular weight excluding hydrogens is 242 g/mol. The van der Waals surface area contributed by atoms with Crippen LogP contribution in [0.15, 0.2) is 6.07 Å². The molecule has 0 bridgehead atoms. The lowest BCUT2D eigenvalue weighted by Gasteiger charge is -2.21. The van der Waals surface area contributed by atoms with E-state index in [1.807, 2.05) is 0 Å². The minimum Gasteiger partial charge on any atom is -0.324 e. The highest BCUT2D eigenvalue weighted by Crippen LogP contribution is 2.29. The second kappa shape index (κ2) is 8.46. The summed E-state index contributed by atoms with van der Waals surface area (Å²) in [6.07, 6.45) is 9.16. The van der Waals surface area contributed by atoms with E-state index in [0.29, 0.717) is 0 Å². The van der Waals surface area contributed by atoms with Crippen LogP contribution in [0.1, 0.15) is 85.7 Å². The molecule has 1 rings (SSSR count). The summed E-state index contributed by atoms with van der Waals surface area (Å²) in [6, 6.07) is 2.49. The number of hydrogen-bond donors (Lipinski definition) is 1. The zero-order valence-electron chi connectivity index (χ0n) is 14.2. The van der Waals surface area contributed by atoms with Gasteiger partial charge in [-0.2, -0.15) is 0 Å². The summed E-state index contributed by atoms with van der Waals surface area (Å²) in [4.78, 5) is 0. The van der Waals surface area contributed by atoms with E-state index in [0.717, 1.165) is 6.42 Å². The van der Waals surface area contributed by atoms with Crippen molar-refractivity contribution in [1.29, 1.82) is 0 Å². The third kappa shape index (κ3) is 4.63. The average molecular weight is 275 g/mol. The van der Waals surface area contributed by atoms with Gasteiger partial charge in [-0.25, -0.2) is 0 Å².